The molecule has 124 valence electrons. The minimum absolute atomic E-state index is 0.0776. The Labute approximate surface area is 143 Å². The van der Waals surface area contributed by atoms with Gasteiger partial charge in [0.05, 0.1) is 4.92 Å². The van der Waals surface area contributed by atoms with Gasteiger partial charge in [-0.05, 0) is 18.2 Å². The van der Waals surface area contributed by atoms with E-state index in [4.69, 9.17) is 11.6 Å². The molecule has 0 atom stereocenters. The van der Waals surface area contributed by atoms with E-state index in [9.17, 15) is 14.9 Å². The molecule has 0 bridgehead atoms. The largest absolute Gasteiger partial charge is 0.362 e. The molecule has 3 rings (SSSR count). The second-order valence-corrected chi connectivity index (χ2v) is 5.82. The number of pyridine rings is 1. The van der Waals surface area contributed by atoms with E-state index in [-0.39, 0.29) is 16.5 Å². The zero-order chi connectivity index (χ0) is 17.1. The first-order valence-corrected chi connectivity index (χ1v) is 7.83. The van der Waals surface area contributed by atoms with Crippen molar-refractivity contribution >= 4 is 28.9 Å². The molecule has 1 saturated heterocycles. The molecule has 24 heavy (non-hydrogen) atoms. The summed E-state index contributed by atoms with van der Waals surface area (Å²) in [6.45, 7) is 1.99. The van der Waals surface area contributed by atoms with Crippen LogP contribution in [0.5, 0.6) is 0 Å². The van der Waals surface area contributed by atoms with Crippen molar-refractivity contribution in [3.63, 3.8) is 0 Å². The van der Waals surface area contributed by atoms with Crippen LogP contribution in [0.3, 0.4) is 0 Å². The highest BCUT2D eigenvalue weighted by atomic mass is 35.5. The lowest BCUT2D eigenvalue weighted by Gasteiger charge is -2.35. The van der Waals surface area contributed by atoms with Gasteiger partial charge in [-0.2, -0.15) is 0 Å². The molecular weight excluding hydrogens is 332 g/mol. The third-order valence-corrected chi connectivity index (χ3v) is 4.16. The number of nitro groups is 1. The van der Waals surface area contributed by atoms with Crippen molar-refractivity contribution < 1.29 is 9.72 Å². The van der Waals surface area contributed by atoms with Gasteiger partial charge in [-0.1, -0.05) is 23.7 Å². The van der Waals surface area contributed by atoms with E-state index in [1.165, 1.54) is 18.3 Å². The van der Waals surface area contributed by atoms with Gasteiger partial charge in [0, 0.05) is 43.5 Å². The number of para-hydroxylation sites is 2. The number of nitrogens with zero attached hydrogens (tertiary/aromatic N) is 4. The van der Waals surface area contributed by atoms with Gasteiger partial charge < -0.3 is 9.80 Å². The van der Waals surface area contributed by atoms with E-state index in [1.807, 2.05) is 4.90 Å². The Balaban J connectivity index is 1.70. The molecule has 0 N–H and O–H groups in total. The Morgan fingerprint density at radius 2 is 1.88 bits per heavy atom. The van der Waals surface area contributed by atoms with E-state index in [0.717, 1.165) is 0 Å². The third kappa shape index (κ3) is 3.30. The first-order valence-electron chi connectivity index (χ1n) is 7.45. The summed E-state index contributed by atoms with van der Waals surface area (Å²) in [6.07, 6.45) is 1.50. The molecule has 0 aliphatic carbocycles. The molecule has 1 amide bonds. The maximum atomic E-state index is 12.4. The second-order valence-electron chi connectivity index (χ2n) is 5.38. The number of amides is 1. The zero-order valence-corrected chi connectivity index (χ0v) is 13.5. The quantitative estimate of drug-likeness (QED) is 0.630. The number of halogens is 1. The molecule has 1 aromatic carbocycles. The minimum Gasteiger partial charge on any atom is -0.362 e. The van der Waals surface area contributed by atoms with Crippen LogP contribution < -0.4 is 4.90 Å². The van der Waals surface area contributed by atoms with Crippen molar-refractivity contribution in [2.75, 3.05) is 31.1 Å². The highest BCUT2D eigenvalue weighted by Gasteiger charge is 2.26. The fraction of sp³-hybridized carbons (Fsp3) is 0.250. The van der Waals surface area contributed by atoms with Crippen molar-refractivity contribution in [3.05, 3.63) is 63.4 Å². The Hall–Kier alpha value is -2.67. The lowest BCUT2D eigenvalue weighted by atomic mass is 10.2. The van der Waals surface area contributed by atoms with Crippen molar-refractivity contribution in [2.45, 2.75) is 0 Å². The van der Waals surface area contributed by atoms with Crippen LogP contribution >= 0.6 is 11.6 Å². The summed E-state index contributed by atoms with van der Waals surface area (Å²) in [5.41, 5.74) is 0.964. The van der Waals surface area contributed by atoms with Crippen LogP contribution in [0.25, 0.3) is 0 Å². The van der Waals surface area contributed by atoms with Crippen LogP contribution in [-0.2, 0) is 0 Å². The molecule has 0 spiro atoms. The molecule has 0 saturated carbocycles. The summed E-state index contributed by atoms with van der Waals surface area (Å²) in [7, 11) is 0. The molecule has 7 nitrogen and oxygen atoms in total. The summed E-state index contributed by atoms with van der Waals surface area (Å²) in [5.74, 6) is -0.181. The van der Waals surface area contributed by atoms with Gasteiger partial charge in [0.1, 0.15) is 11.4 Å². The first kappa shape index (κ1) is 16.2. The molecule has 0 radical (unpaired) electrons. The normalized spacial score (nSPS) is 14.5. The summed E-state index contributed by atoms with van der Waals surface area (Å²) in [4.78, 5) is 30.9. The van der Waals surface area contributed by atoms with E-state index >= 15 is 0 Å². The van der Waals surface area contributed by atoms with Gasteiger partial charge in [0.25, 0.3) is 11.6 Å². The number of hydrogen-bond donors (Lipinski definition) is 0. The van der Waals surface area contributed by atoms with Crippen LogP contribution in [0.4, 0.5) is 11.4 Å². The maximum Gasteiger partial charge on any atom is 0.292 e. The molecular formula is C16H15ClN4O3. The molecule has 1 aliphatic rings. The van der Waals surface area contributed by atoms with Crippen molar-refractivity contribution in [3.8, 4) is 0 Å². The Kier molecular flexibility index (Phi) is 4.61. The summed E-state index contributed by atoms with van der Waals surface area (Å²) < 4.78 is 0. The smallest absolute Gasteiger partial charge is 0.292 e. The number of benzene rings is 1. The number of carbonyl (C=O) groups is 1. The first-order chi connectivity index (χ1) is 11.6. The lowest BCUT2D eigenvalue weighted by Crippen LogP contribution is -2.49. The van der Waals surface area contributed by atoms with Crippen molar-refractivity contribution in [2.24, 2.45) is 0 Å². The van der Waals surface area contributed by atoms with E-state index < -0.39 is 0 Å². The highest BCUT2D eigenvalue weighted by Crippen LogP contribution is 2.28. The van der Waals surface area contributed by atoms with Crippen molar-refractivity contribution in [1.29, 1.82) is 0 Å². The van der Waals surface area contributed by atoms with Crippen LogP contribution in [0.1, 0.15) is 10.5 Å². The van der Waals surface area contributed by atoms with Crippen LogP contribution in [-0.4, -0.2) is 46.9 Å². The molecule has 0 unspecified atom stereocenters. The van der Waals surface area contributed by atoms with Gasteiger partial charge >= 0.3 is 0 Å². The number of nitro benzene ring substituents is 1. The van der Waals surface area contributed by atoms with E-state index in [1.54, 1.807) is 29.2 Å². The SMILES string of the molecule is O=C(c1cc(Cl)ccn1)N1CCN(c2ccccc2[N+](=O)[O-])CC1. The monoisotopic (exact) mass is 346 g/mol. The van der Waals surface area contributed by atoms with Crippen LogP contribution in [0.15, 0.2) is 42.6 Å². The topological polar surface area (TPSA) is 79.6 Å². The predicted molar refractivity (Wildman–Crippen MR) is 90.5 cm³/mol. The minimum atomic E-state index is -0.386. The number of anilines is 1. The van der Waals surface area contributed by atoms with Gasteiger partial charge in [-0.3, -0.25) is 19.9 Å². The average Bonchev–Trinajstić information content (AvgIpc) is 2.61. The summed E-state index contributed by atoms with van der Waals surface area (Å²) in [6, 6.07) is 9.79. The van der Waals surface area contributed by atoms with Gasteiger partial charge in [0.2, 0.25) is 0 Å². The number of rotatable bonds is 3. The fourth-order valence-corrected chi connectivity index (χ4v) is 2.88. The lowest BCUT2D eigenvalue weighted by molar-refractivity contribution is -0.384. The van der Waals surface area contributed by atoms with Gasteiger partial charge in [-0.25, -0.2) is 0 Å². The maximum absolute atomic E-state index is 12.4. The Morgan fingerprint density at radius 3 is 2.54 bits per heavy atom. The van der Waals surface area contributed by atoms with Crippen molar-refractivity contribution in [1.82, 2.24) is 9.88 Å². The molecule has 8 heteroatoms. The summed E-state index contributed by atoms with van der Waals surface area (Å²) >= 11 is 5.90. The van der Waals surface area contributed by atoms with Crippen LogP contribution in [0, 0.1) is 10.1 Å². The number of piperazine rings is 1. The molecule has 2 heterocycles. The predicted octanol–water partition coefficient (Wildman–Crippen LogP) is 2.61. The zero-order valence-electron chi connectivity index (χ0n) is 12.8. The molecule has 1 fully saturated rings. The summed E-state index contributed by atoms with van der Waals surface area (Å²) in [5, 5.41) is 11.6. The molecule has 1 aliphatic heterocycles. The third-order valence-electron chi connectivity index (χ3n) is 3.93. The number of hydrogen-bond acceptors (Lipinski definition) is 5. The molecule has 2 aromatic rings. The van der Waals surface area contributed by atoms with Crippen LogP contribution in [0.2, 0.25) is 5.02 Å². The van der Waals surface area contributed by atoms with E-state index in [0.29, 0.717) is 42.6 Å². The van der Waals surface area contributed by atoms with E-state index in [2.05, 4.69) is 4.98 Å². The van der Waals surface area contributed by atoms with Gasteiger partial charge in [0.15, 0.2) is 0 Å². The average molecular weight is 347 g/mol. The number of aromatic nitrogens is 1. The molecule has 1 aromatic heterocycles. The Morgan fingerprint density at radius 1 is 1.17 bits per heavy atom. The number of carbonyl (C=O) groups excluding carboxylic acids is 1. The second kappa shape index (κ2) is 6.84. The standard InChI is InChI=1S/C16H15ClN4O3/c17-12-5-6-18-13(11-12)16(22)20-9-7-19(8-10-20)14-3-1-2-4-15(14)21(23)24/h1-6,11H,7-10H2. The van der Waals surface area contributed by atoms with Gasteiger partial charge in [-0.15, -0.1) is 0 Å². The fourth-order valence-electron chi connectivity index (χ4n) is 2.72. The highest BCUT2D eigenvalue weighted by molar-refractivity contribution is 6.30. The Bertz CT molecular complexity index is 775.